The highest BCUT2D eigenvalue weighted by molar-refractivity contribution is 7.80. The van der Waals surface area contributed by atoms with Crippen LogP contribution in [0.3, 0.4) is 0 Å². The summed E-state index contributed by atoms with van der Waals surface area (Å²) in [5, 5.41) is 2.58. The zero-order valence-corrected chi connectivity index (χ0v) is 5.61. The van der Waals surface area contributed by atoms with E-state index in [1.54, 1.807) is 0 Å². The Balaban J connectivity index is 3.05. The van der Waals surface area contributed by atoms with Crippen molar-refractivity contribution in [2.75, 3.05) is 6.54 Å². The molecule has 0 saturated heterocycles. The summed E-state index contributed by atoms with van der Waals surface area (Å²) in [5.41, 5.74) is 4.76. The number of primary amides is 1. The lowest BCUT2D eigenvalue weighted by Gasteiger charge is -2.01. The Hall–Kier alpha value is -0.380. The third-order valence-corrected chi connectivity index (χ3v) is 0.754. The monoisotopic (exact) mass is 134 g/mol. The quantitative estimate of drug-likeness (QED) is 0.456. The van der Waals surface area contributed by atoms with E-state index in [0.717, 1.165) is 0 Å². The molecule has 0 aliphatic carbocycles. The van der Waals surface area contributed by atoms with E-state index in [-0.39, 0.29) is 5.25 Å². The molecule has 0 aromatic heterocycles. The first-order valence-corrected chi connectivity index (χ1v) is 2.86. The lowest BCUT2D eigenvalue weighted by atomic mass is 10.5. The van der Waals surface area contributed by atoms with Gasteiger partial charge < -0.3 is 11.1 Å². The zero-order chi connectivity index (χ0) is 6.57. The van der Waals surface area contributed by atoms with Crippen molar-refractivity contribution < 1.29 is 4.79 Å². The van der Waals surface area contributed by atoms with Gasteiger partial charge in [-0.1, -0.05) is 6.92 Å². The number of hydrogen-bond acceptors (Lipinski definition) is 2. The van der Waals surface area contributed by atoms with Gasteiger partial charge in [-0.25, -0.2) is 4.79 Å². The van der Waals surface area contributed by atoms with Crippen molar-refractivity contribution in [2.24, 2.45) is 5.73 Å². The summed E-state index contributed by atoms with van der Waals surface area (Å²) in [7, 11) is 0. The average Bonchev–Trinajstić information content (AvgIpc) is 1.61. The second-order valence-corrected chi connectivity index (χ2v) is 2.48. The number of rotatable bonds is 2. The van der Waals surface area contributed by atoms with Gasteiger partial charge in [0.15, 0.2) is 0 Å². The van der Waals surface area contributed by atoms with Crippen LogP contribution in [0.5, 0.6) is 0 Å². The molecule has 8 heavy (non-hydrogen) atoms. The maximum absolute atomic E-state index is 9.98. The summed E-state index contributed by atoms with van der Waals surface area (Å²) in [6, 6.07) is -0.495. The van der Waals surface area contributed by atoms with Gasteiger partial charge in [0, 0.05) is 11.8 Å². The van der Waals surface area contributed by atoms with E-state index in [9.17, 15) is 4.79 Å². The summed E-state index contributed by atoms with van der Waals surface area (Å²) < 4.78 is 0. The van der Waals surface area contributed by atoms with Crippen LogP contribution in [0.15, 0.2) is 0 Å². The van der Waals surface area contributed by atoms with Crippen LogP contribution in [0.2, 0.25) is 0 Å². The van der Waals surface area contributed by atoms with Crippen LogP contribution in [-0.4, -0.2) is 17.8 Å². The minimum Gasteiger partial charge on any atom is -0.352 e. The molecule has 0 aliphatic rings. The van der Waals surface area contributed by atoms with Crippen LogP contribution >= 0.6 is 12.6 Å². The Morgan fingerprint density at radius 1 is 2.00 bits per heavy atom. The van der Waals surface area contributed by atoms with Crippen molar-refractivity contribution in [1.29, 1.82) is 0 Å². The second kappa shape index (κ2) is 3.60. The molecule has 0 saturated carbocycles. The predicted molar refractivity (Wildman–Crippen MR) is 36.0 cm³/mol. The van der Waals surface area contributed by atoms with Crippen molar-refractivity contribution >= 4 is 18.7 Å². The fourth-order valence-electron chi connectivity index (χ4n) is 0.248. The largest absolute Gasteiger partial charge is 0.352 e. The standard InChI is InChI=1S/C4H10N2OS/c1-3(8)2-6-4(5)7/h3,8H,2H2,1H3,(H3,5,6,7). The fourth-order valence-corrected chi connectivity index (χ4v) is 0.340. The number of hydrogen-bond donors (Lipinski definition) is 3. The van der Waals surface area contributed by atoms with Gasteiger partial charge in [0.1, 0.15) is 0 Å². The SMILES string of the molecule is CC(S)CNC(N)=O. The first-order valence-electron chi connectivity index (χ1n) is 2.34. The minimum atomic E-state index is -0.495. The van der Waals surface area contributed by atoms with Crippen LogP contribution in [-0.2, 0) is 0 Å². The van der Waals surface area contributed by atoms with Crippen molar-refractivity contribution in [2.45, 2.75) is 12.2 Å². The number of carbonyl (C=O) groups excluding carboxylic acids is 1. The van der Waals surface area contributed by atoms with Gasteiger partial charge >= 0.3 is 6.03 Å². The van der Waals surface area contributed by atoms with E-state index in [1.807, 2.05) is 6.92 Å². The van der Waals surface area contributed by atoms with Gasteiger partial charge in [-0.15, -0.1) is 0 Å². The molecular formula is C4H10N2OS. The smallest absolute Gasteiger partial charge is 0.312 e. The van der Waals surface area contributed by atoms with Crippen LogP contribution < -0.4 is 11.1 Å². The van der Waals surface area contributed by atoms with E-state index in [0.29, 0.717) is 6.54 Å². The molecule has 0 aromatic rings. The average molecular weight is 134 g/mol. The van der Waals surface area contributed by atoms with Crippen LogP contribution in [0.4, 0.5) is 4.79 Å². The predicted octanol–water partition coefficient (Wildman–Crippen LogP) is -0.0270. The molecule has 48 valence electrons. The van der Waals surface area contributed by atoms with Gasteiger partial charge in [0.25, 0.3) is 0 Å². The summed E-state index contributed by atoms with van der Waals surface area (Å²) in [6.07, 6.45) is 0. The van der Waals surface area contributed by atoms with Crippen LogP contribution in [0.1, 0.15) is 6.92 Å². The summed E-state index contributed by atoms with van der Waals surface area (Å²) in [4.78, 5) is 9.98. The van der Waals surface area contributed by atoms with Gasteiger partial charge in [-0.2, -0.15) is 12.6 Å². The van der Waals surface area contributed by atoms with Gasteiger partial charge in [0.2, 0.25) is 0 Å². The van der Waals surface area contributed by atoms with Crippen molar-refractivity contribution in [3.05, 3.63) is 0 Å². The van der Waals surface area contributed by atoms with Crippen LogP contribution in [0, 0.1) is 0 Å². The first kappa shape index (κ1) is 7.62. The Morgan fingerprint density at radius 2 is 2.50 bits per heavy atom. The fraction of sp³-hybridized carbons (Fsp3) is 0.750. The van der Waals surface area contributed by atoms with E-state index >= 15 is 0 Å². The van der Waals surface area contributed by atoms with Crippen molar-refractivity contribution in [1.82, 2.24) is 5.32 Å². The van der Waals surface area contributed by atoms with E-state index in [1.165, 1.54) is 0 Å². The lowest BCUT2D eigenvalue weighted by molar-refractivity contribution is 0.249. The van der Waals surface area contributed by atoms with Gasteiger partial charge in [-0.05, 0) is 0 Å². The van der Waals surface area contributed by atoms with E-state index < -0.39 is 6.03 Å². The van der Waals surface area contributed by atoms with Crippen molar-refractivity contribution in [3.8, 4) is 0 Å². The summed E-state index contributed by atoms with van der Waals surface area (Å²) in [6.45, 7) is 2.40. The molecule has 1 unspecified atom stereocenters. The first-order chi connectivity index (χ1) is 3.63. The molecule has 2 amide bonds. The molecule has 1 atom stereocenters. The maximum atomic E-state index is 9.98. The number of nitrogens with one attached hydrogen (secondary N) is 1. The summed E-state index contributed by atoms with van der Waals surface area (Å²) >= 11 is 4.00. The normalized spacial score (nSPS) is 12.8. The van der Waals surface area contributed by atoms with E-state index in [2.05, 4.69) is 17.9 Å². The van der Waals surface area contributed by atoms with E-state index in [4.69, 9.17) is 5.73 Å². The highest BCUT2D eigenvalue weighted by Crippen LogP contribution is 1.86. The third kappa shape index (κ3) is 5.62. The highest BCUT2D eigenvalue weighted by Gasteiger charge is 1.93. The third-order valence-electron chi connectivity index (χ3n) is 0.572. The molecule has 0 radical (unpaired) electrons. The highest BCUT2D eigenvalue weighted by atomic mass is 32.1. The minimum absolute atomic E-state index is 0.169. The van der Waals surface area contributed by atoms with Crippen molar-refractivity contribution in [3.63, 3.8) is 0 Å². The number of carbonyl (C=O) groups is 1. The number of urea groups is 1. The number of thiol groups is 1. The molecule has 0 spiro atoms. The molecule has 0 aromatic carbocycles. The maximum Gasteiger partial charge on any atom is 0.312 e. The molecule has 0 aliphatic heterocycles. The Morgan fingerprint density at radius 3 is 2.62 bits per heavy atom. The summed E-state index contributed by atoms with van der Waals surface area (Å²) in [5.74, 6) is 0. The molecule has 0 fully saturated rings. The lowest BCUT2D eigenvalue weighted by Crippen LogP contribution is -2.33. The molecular weight excluding hydrogens is 124 g/mol. The Labute approximate surface area is 54.0 Å². The molecule has 0 rings (SSSR count). The molecule has 4 heteroatoms. The molecule has 3 N–H and O–H groups in total. The Kier molecular flexibility index (Phi) is 3.43. The molecule has 3 nitrogen and oxygen atoms in total. The number of nitrogens with two attached hydrogens (primary N) is 1. The zero-order valence-electron chi connectivity index (χ0n) is 4.72. The number of amides is 2. The van der Waals surface area contributed by atoms with Gasteiger partial charge in [0.05, 0.1) is 0 Å². The molecule has 0 heterocycles. The van der Waals surface area contributed by atoms with Gasteiger partial charge in [-0.3, -0.25) is 0 Å². The second-order valence-electron chi connectivity index (χ2n) is 1.59. The topological polar surface area (TPSA) is 55.1 Å². The Bertz CT molecular complexity index is 84.1. The molecule has 0 bridgehead atoms. The van der Waals surface area contributed by atoms with Crippen LogP contribution in [0.25, 0.3) is 0 Å².